The van der Waals surface area contributed by atoms with Gasteiger partial charge >= 0.3 is 12.3 Å². The molecule has 2 atom stereocenters. The van der Waals surface area contributed by atoms with Gasteiger partial charge in [0.15, 0.2) is 0 Å². The molecule has 1 fully saturated rings. The summed E-state index contributed by atoms with van der Waals surface area (Å²) in [5, 5.41) is 8.40. The summed E-state index contributed by atoms with van der Waals surface area (Å²) in [7, 11) is 0. The maximum absolute atomic E-state index is 13.7. The third kappa shape index (κ3) is 8.33. The molecular formula is C26H34F3N5O3. The first-order valence-corrected chi connectivity index (χ1v) is 12.3. The van der Waals surface area contributed by atoms with E-state index in [0.717, 1.165) is 12.6 Å². The Hall–Kier alpha value is -3.37. The zero-order valence-corrected chi connectivity index (χ0v) is 21.7. The number of amides is 2. The number of alkyl halides is 3. The van der Waals surface area contributed by atoms with Crippen molar-refractivity contribution in [3.05, 3.63) is 41.7 Å². The van der Waals surface area contributed by atoms with E-state index in [0.29, 0.717) is 24.2 Å². The number of hydrogen-bond donors (Lipinski definition) is 3. The number of benzene rings is 1. The Balaban J connectivity index is 1.75. The van der Waals surface area contributed by atoms with Crippen molar-refractivity contribution in [3.63, 3.8) is 0 Å². The number of carbonyl (C=O) groups is 2. The Morgan fingerprint density at radius 2 is 1.73 bits per heavy atom. The van der Waals surface area contributed by atoms with Gasteiger partial charge < -0.3 is 15.4 Å². The van der Waals surface area contributed by atoms with Crippen molar-refractivity contribution < 1.29 is 27.5 Å². The summed E-state index contributed by atoms with van der Waals surface area (Å²) >= 11 is 0. The maximum Gasteiger partial charge on any atom is 0.419 e. The number of ether oxygens (including phenoxy) is 1. The van der Waals surface area contributed by atoms with Crippen LogP contribution in [0.25, 0.3) is 0 Å². The van der Waals surface area contributed by atoms with Gasteiger partial charge in [-0.15, -0.1) is 0 Å². The van der Waals surface area contributed by atoms with Crippen LogP contribution in [0.5, 0.6) is 0 Å². The second-order valence-corrected chi connectivity index (χ2v) is 10.5. The highest BCUT2D eigenvalue weighted by molar-refractivity contribution is 5.85. The van der Waals surface area contributed by atoms with E-state index in [9.17, 15) is 22.8 Å². The highest BCUT2D eigenvalue weighted by Gasteiger charge is 2.39. The molecule has 0 aliphatic heterocycles. The lowest BCUT2D eigenvalue weighted by Gasteiger charge is -2.22. The van der Waals surface area contributed by atoms with Crippen LogP contribution in [0, 0.1) is 11.8 Å². The fraction of sp³-hybridized carbons (Fsp3) is 0.538. The lowest BCUT2D eigenvalue weighted by molar-refractivity contribution is -0.138. The monoisotopic (exact) mass is 521 g/mol. The number of halogens is 3. The smallest absolute Gasteiger partial charge is 0.419 e. The van der Waals surface area contributed by atoms with Gasteiger partial charge in [-0.2, -0.15) is 13.2 Å². The molecule has 202 valence electrons. The first-order valence-electron chi connectivity index (χ1n) is 12.3. The molecule has 37 heavy (non-hydrogen) atoms. The molecular weight excluding hydrogens is 487 g/mol. The fourth-order valence-electron chi connectivity index (χ4n) is 4.32. The lowest BCUT2D eigenvalue weighted by Crippen LogP contribution is -2.37. The van der Waals surface area contributed by atoms with E-state index in [-0.39, 0.29) is 41.8 Å². The molecule has 8 nitrogen and oxygen atoms in total. The van der Waals surface area contributed by atoms with Gasteiger partial charge in [-0.3, -0.25) is 10.1 Å². The Labute approximate surface area is 214 Å². The summed E-state index contributed by atoms with van der Waals surface area (Å²) in [4.78, 5) is 32.6. The minimum atomic E-state index is -4.61. The van der Waals surface area contributed by atoms with Crippen LogP contribution in [0.1, 0.15) is 65.1 Å². The van der Waals surface area contributed by atoms with Crippen molar-refractivity contribution in [2.75, 3.05) is 10.6 Å². The minimum Gasteiger partial charge on any atom is -0.444 e. The predicted octanol–water partition coefficient (Wildman–Crippen LogP) is 6.07. The first-order chi connectivity index (χ1) is 17.2. The Morgan fingerprint density at radius 3 is 2.32 bits per heavy atom. The van der Waals surface area contributed by atoms with E-state index in [4.69, 9.17) is 4.74 Å². The summed E-state index contributed by atoms with van der Waals surface area (Å²) in [5.74, 6) is -0.698. The third-order valence-electron chi connectivity index (χ3n) is 5.84. The van der Waals surface area contributed by atoms with Gasteiger partial charge in [0.25, 0.3) is 0 Å². The van der Waals surface area contributed by atoms with Crippen LogP contribution < -0.4 is 16.0 Å². The van der Waals surface area contributed by atoms with Gasteiger partial charge in [0, 0.05) is 29.5 Å². The number of carbonyl (C=O) groups excluding carboxylic acids is 2. The summed E-state index contributed by atoms with van der Waals surface area (Å²) < 4.78 is 46.4. The van der Waals surface area contributed by atoms with Gasteiger partial charge in [-0.05, 0) is 84.1 Å². The summed E-state index contributed by atoms with van der Waals surface area (Å²) in [6.45, 7) is 8.97. The molecule has 1 saturated carbocycles. The zero-order valence-electron chi connectivity index (χ0n) is 21.7. The molecule has 1 aromatic carbocycles. The molecule has 2 aromatic rings. The van der Waals surface area contributed by atoms with Gasteiger partial charge in [0.2, 0.25) is 11.9 Å². The molecule has 2 amide bonds. The molecule has 11 heteroatoms. The van der Waals surface area contributed by atoms with Gasteiger partial charge in [-0.1, -0.05) is 6.42 Å². The zero-order chi connectivity index (χ0) is 27.4. The van der Waals surface area contributed by atoms with Gasteiger partial charge in [0.1, 0.15) is 5.60 Å². The molecule has 0 radical (unpaired) electrons. The van der Waals surface area contributed by atoms with Crippen molar-refractivity contribution in [1.82, 2.24) is 15.3 Å². The van der Waals surface area contributed by atoms with Crippen LogP contribution in [0.2, 0.25) is 0 Å². The topological polar surface area (TPSA) is 105 Å². The van der Waals surface area contributed by atoms with Crippen molar-refractivity contribution in [3.8, 4) is 0 Å². The average Bonchev–Trinajstić information content (AvgIpc) is 3.21. The molecule has 1 aromatic heterocycles. The van der Waals surface area contributed by atoms with Crippen LogP contribution >= 0.6 is 0 Å². The van der Waals surface area contributed by atoms with Crippen molar-refractivity contribution in [2.24, 2.45) is 11.8 Å². The van der Waals surface area contributed by atoms with Gasteiger partial charge in [-0.25, -0.2) is 14.8 Å². The summed E-state index contributed by atoms with van der Waals surface area (Å²) in [6.07, 6.45) is -2.32. The molecule has 1 aliphatic carbocycles. The average molecular weight is 522 g/mol. The second-order valence-electron chi connectivity index (χ2n) is 10.5. The summed E-state index contributed by atoms with van der Waals surface area (Å²) in [6, 6.07) is 6.47. The number of anilines is 3. The Morgan fingerprint density at radius 1 is 1.08 bits per heavy atom. The number of nitrogens with one attached hydrogen (secondary N) is 3. The van der Waals surface area contributed by atoms with Crippen molar-refractivity contribution in [2.45, 2.75) is 78.1 Å². The Kier molecular flexibility index (Phi) is 8.65. The second kappa shape index (κ2) is 11.4. The van der Waals surface area contributed by atoms with E-state index < -0.39 is 23.4 Å². The van der Waals surface area contributed by atoms with E-state index in [1.807, 2.05) is 13.8 Å². The largest absolute Gasteiger partial charge is 0.444 e. The van der Waals surface area contributed by atoms with E-state index >= 15 is 0 Å². The van der Waals surface area contributed by atoms with Gasteiger partial charge in [0.05, 0.1) is 11.3 Å². The van der Waals surface area contributed by atoms with E-state index in [1.54, 1.807) is 45.0 Å². The predicted molar refractivity (Wildman–Crippen MR) is 134 cm³/mol. The molecule has 0 spiro atoms. The van der Waals surface area contributed by atoms with Crippen LogP contribution in [0.4, 0.5) is 35.3 Å². The number of nitrogens with zero attached hydrogens (tertiary/aromatic N) is 2. The highest BCUT2D eigenvalue weighted by atomic mass is 19.4. The quantitative estimate of drug-likeness (QED) is 0.409. The number of rotatable bonds is 7. The Bertz CT molecular complexity index is 1100. The molecule has 3 rings (SSSR count). The van der Waals surface area contributed by atoms with E-state index in [2.05, 4.69) is 25.9 Å². The van der Waals surface area contributed by atoms with Crippen LogP contribution in [0.3, 0.4) is 0 Å². The van der Waals surface area contributed by atoms with Crippen molar-refractivity contribution >= 4 is 29.3 Å². The highest BCUT2D eigenvalue weighted by Crippen LogP contribution is 2.38. The van der Waals surface area contributed by atoms with Crippen molar-refractivity contribution in [1.29, 1.82) is 0 Å². The van der Waals surface area contributed by atoms with Crippen LogP contribution in [0.15, 0.2) is 30.5 Å². The number of aromatic nitrogens is 2. The molecule has 1 heterocycles. The van der Waals surface area contributed by atoms with Crippen LogP contribution in [-0.2, 0) is 22.1 Å². The maximum atomic E-state index is 13.7. The minimum absolute atomic E-state index is 0.0111. The molecule has 3 N–H and O–H groups in total. The van der Waals surface area contributed by atoms with Crippen LogP contribution in [-0.4, -0.2) is 33.6 Å². The molecule has 0 saturated heterocycles. The molecule has 0 bridgehead atoms. The fourth-order valence-corrected chi connectivity index (χ4v) is 4.32. The summed E-state index contributed by atoms with van der Waals surface area (Å²) in [5.41, 5.74) is -0.663. The lowest BCUT2D eigenvalue weighted by atomic mass is 9.89. The number of hydrogen-bond acceptors (Lipinski definition) is 6. The standard InChI is InChI=1S/C26H34F3N5O3/c1-15(2)31-22(35)19-8-6-7-16(19)13-21-20(26(27,28)29)14-30-23(34-21)32-17-9-11-18(12-10-17)33-24(36)37-25(3,4)5/h9-12,14-16,19H,6-8,13H2,1-5H3,(H,31,35)(H,33,36)(H,30,32,34)/t16-,19-/m0/s1. The molecule has 1 aliphatic rings. The van der Waals surface area contributed by atoms with E-state index in [1.165, 1.54) is 0 Å². The third-order valence-corrected chi connectivity index (χ3v) is 5.84. The normalized spacial score (nSPS) is 18.0. The SMILES string of the molecule is CC(C)NC(=O)[C@H]1CCC[C@H]1Cc1nc(Nc2ccc(NC(=O)OC(C)(C)C)cc2)ncc1C(F)(F)F. The molecule has 0 unspecified atom stereocenters. The first kappa shape index (κ1) is 28.2.